The van der Waals surface area contributed by atoms with E-state index in [1.165, 1.54) is 24.5 Å². The Hall–Kier alpha value is -3.22. The van der Waals surface area contributed by atoms with Crippen molar-refractivity contribution in [2.45, 2.75) is 6.54 Å². The number of halogens is 1. The summed E-state index contributed by atoms with van der Waals surface area (Å²) in [6, 6.07) is 13.7. The molecule has 3 N–H and O–H groups in total. The molecular formula is C16H14FN5O. The second kappa shape index (κ2) is 6.27. The van der Waals surface area contributed by atoms with Gasteiger partial charge in [0.2, 0.25) is 0 Å². The standard InChI is InChI=1S/C16H14FN5O/c17-14-7-6-11(8-13(14)16(18)23)19-9-15-20-10-21-22(15)12-4-2-1-3-5-12/h1-8,10,19H,9H2,(H2,18,23). The number of primary amides is 1. The second-order valence-corrected chi connectivity index (χ2v) is 4.84. The SMILES string of the molecule is NC(=O)c1cc(NCc2ncnn2-c2ccccc2)ccc1F. The first-order valence-corrected chi connectivity index (χ1v) is 6.92. The number of hydrogen-bond donors (Lipinski definition) is 2. The Morgan fingerprint density at radius 1 is 1.22 bits per heavy atom. The molecule has 1 amide bonds. The smallest absolute Gasteiger partial charge is 0.251 e. The lowest BCUT2D eigenvalue weighted by molar-refractivity contribution is 0.0996. The summed E-state index contributed by atoms with van der Waals surface area (Å²) in [5.41, 5.74) is 6.45. The normalized spacial score (nSPS) is 10.5. The van der Waals surface area contributed by atoms with Crippen molar-refractivity contribution in [3.63, 3.8) is 0 Å². The third-order valence-electron chi connectivity index (χ3n) is 3.30. The first kappa shape index (κ1) is 14.7. The third-order valence-corrected chi connectivity index (χ3v) is 3.30. The van der Waals surface area contributed by atoms with Crippen LogP contribution in [0.3, 0.4) is 0 Å². The zero-order chi connectivity index (χ0) is 16.2. The molecule has 0 fully saturated rings. The highest BCUT2D eigenvalue weighted by molar-refractivity contribution is 5.94. The van der Waals surface area contributed by atoms with Crippen LogP contribution in [0.1, 0.15) is 16.2 Å². The van der Waals surface area contributed by atoms with Gasteiger partial charge in [0.25, 0.3) is 5.91 Å². The summed E-state index contributed by atoms with van der Waals surface area (Å²) in [5.74, 6) is -0.768. The summed E-state index contributed by atoms with van der Waals surface area (Å²) in [6.45, 7) is 0.360. The molecule has 0 aliphatic heterocycles. The maximum absolute atomic E-state index is 13.5. The molecule has 116 valence electrons. The van der Waals surface area contributed by atoms with E-state index < -0.39 is 11.7 Å². The summed E-state index contributed by atoms with van der Waals surface area (Å²) in [7, 11) is 0. The summed E-state index contributed by atoms with van der Waals surface area (Å²) in [5, 5.41) is 7.27. The van der Waals surface area contributed by atoms with Crippen LogP contribution in [0.25, 0.3) is 5.69 Å². The minimum Gasteiger partial charge on any atom is -0.378 e. The van der Waals surface area contributed by atoms with Gasteiger partial charge in [-0.1, -0.05) is 18.2 Å². The molecule has 7 heteroatoms. The average molecular weight is 311 g/mol. The van der Waals surface area contributed by atoms with Crippen molar-refractivity contribution in [1.29, 1.82) is 0 Å². The minimum absolute atomic E-state index is 0.153. The molecule has 23 heavy (non-hydrogen) atoms. The van der Waals surface area contributed by atoms with Gasteiger partial charge in [-0.3, -0.25) is 4.79 Å². The number of amides is 1. The molecule has 1 heterocycles. The third kappa shape index (κ3) is 3.18. The van der Waals surface area contributed by atoms with Crippen molar-refractivity contribution in [3.8, 4) is 5.69 Å². The van der Waals surface area contributed by atoms with Gasteiger partial charge in [-0.25, -0.2) is 14.1 Å². The molecule has 0 saturated heterocycles. The first-order valence-electron chi connectivity index (χ1n) is 6.92. The number of hydrogen-bond acceptors (Lipinski definition) is 4. The van der Waals surface area contributed by atoms with E-state index in [0.717, 1.165) is 5.69 Å². The van der Waals surface area contributed by atoms with Gasteiger partial charge in [0.15, 0.2) is 5.82 Å². The van der Waals surface area contributed by atoms with E-state index in [4.69, 9.17) is 5.73 Å². The maximum atomic E-state index is 13.5. The average Bonchev–Trinajstić information content (AvgIpc) is 3.03. The molecule has 0 spiro atoms. The number of aromatic nitrogens is 3. The lowest BCUT2D eigenvalue weighted by Crippen LogP contribution is -2.14. The number of anilines is 1. The predicted octanol–water partition coefficient (Wildman–Crippen LogP) is 2.12. The molecule has 0 bridgehead atoms. The van der Waals surface area contributed by atoms with Crippen molar-refractivity contribution in [2.75, 3.05) is 5.32 Å². The quantitative estimate of drug-likeness (QED) is 0.755. The highest BCUT2D eigenvalue weighted by Gasteiger charge is 2.10. The molecule has 6 nitrogen and oxygen atoms in total. The lowest BCUT2D eigenvalue weighted by atomic mass is 10.2. The molecule has 0 radical (unpaired) electrons. The van der Waals surface area contributed by atoms with Gasteiger partial charge in [-0.05, 0) is 30.3 Å². The van der Waals surface area contributed by atoms with E-state index >= 15 is 0 Å². The van der Waals surface area contributed by atoms with E-state index in [9.17, 15) is 9.18 Å². The van der Waals surface area contributed by atoms with Gasteiger partial charge in [0.1, 0.15) is 12.1 Å². The van der Waals surface area contributed by atoms with Gasteiger partial charge in [0, 0.05) is 5.69 Å². The van der Waals surface area contributed by atoms with Gasteiger partial charge < -0.3 is 11.1 Å². The molecule has 2 aromatic carbocycles. The van der Waals surface area contributed by atoms with E-state index in [2.05, 4.69) is 15.4 Å². The van der Waals surface area contributed by atoms with Crippen LogP contribution in [0.15, 0.2) is 54.9 Å². The van der Waals surface area contributed by atoms with Crippen molar-refractivity contribution < 1.29 is 9.18 Å². The number of carbonyl (C=O) groups excluding carboxylic acids is 1. The van der Waals surface area contributed by atoms with Crippen LogP contribution in [-0.4, -0.2) is 20.7 Å². The number of para-hydroxylation sites is 1. The second-order valence-electron chi connectivity index (χ2n) is 4.84. The number of carbonyl (C=O) groups is 1. The Balaban J connectivity index is 1.79. The van der Waals surface area contributed by atoms with Crippen LogP contribution >= 0.6 is 0 Å². The monoisotopic (exact) mass is 311 g/mol. The predicted molar refractivity (Wildman–Crippen MR) is 83.6 cm³/mol. The van der Waals surface area contributed by atoms with Gasteiger partial charge in [0.05, 0.1) is 17.8 Å². The maximum Gasteiger partial charge on any atom is 0.251 e. The fourth-order valence-electron chi connectivity index (χ4n) is 2.18. The molecule has 0 atom stereocenters. The summed E-state index contributed by atoms with van der Waals surface area (Å²) in [4.78, 5) is 15.4. The molecule has 0 unspecified atom stereocenters. The fraction of sp³-hybridized carbons (Fsp3) is 0.0625. The lowest BCUT2D eigenvalue weighted by Gasteiger charge is -2.09. The van der Waals surface area contributed by atoms with Crippen LogP contribution in [0.5, 0.6) is 0 Å². The Morgan fingerprint density at radius 3 is 2.74 bits per heavy atom. The number of benzene rings is 2. The molecule has 3 rings (SSSR count). The first-order chi connectivity index (χ1) is 11.1. The molecule has 0 aliphatic rings. The van der Waals surface area contributed by atoms with Crippen molar-refractivity contribution in [3.05, 3.63) is 72.1 Å². The van der Waals surface area contributed by atoms with Gasteiger partial charge in [-0.15, -0.1) is 0 Å². The summed E-state index contributed by atoms with van der Waals surface area (Å²) in [6.07, 6.45) is 1.46. The molecule has 0 saturated carbocycles. The van der Waals surface area contributed by atoms with Crippen molar-refractivity contribution >= 4 is 11.6 Å². The van der Waals surface area contributed by atoms with Crippen LogP contribution in [0, 0.1) is 5.82 Å². The van der Waals surface area contributed by atoms with E-state index in [1.807, 2.05) is 30.3 Å². The fourth-order valence-corrected chi connectivity index (χ4v) is 2.18. The minimum atomic E-state index is -0.807. The van der Waals surface area contributed by atoms with Crippen molar-refractivity contribution in [2.24, 2.45) is 5.73 Å². The number of nitrogens with one attached hydrogen (secondary N) is 1. The van der Waals surface area contributed by atoms with Crippen LogP contribution in [0.4, 0.5) is 10.1 Å². The number of nitrogens with zero attached hydrogens (tertiary/aromatic N) is 3. The summed E-state index contributed by atoms with van der Waals surface area (Å²) >= 11 is 0. The van der Waals surface area contributed by atoms with Crippen LogP contribution in [0.2, 0.25) is 0 Å². The zero-order valence-electron chi connectivity index (χ0n) is 12.1. The molecule has 1 aromatic heterocycles. The Kier molecular flexibility index (Phi) is 4.01. The Labute approximate surface area is 131 Å². The molecular weight excluding hydrogens is 297 g/mol. The van der Waals surface area contributed by atoms with E-state index in [-0.39, 0.29) is 5.56 Å². The number of rotatable bonds is 5. The molecule has 0 aliphatic carbocycles. The van der Waals surface area contributed by atoms with Gasteiger partial charge >= 0.3 is 0 Å². The van der Waals surface area contributed by atoms with E-state index in [0.29, 0.717) is 18.1 Å². The number of nitrogens with two attached hydrogens (primary N) is 1. The summed E-state index contributed by atoms with van der Waals surface area (Å²) < 4.78 is 15.2. The highest BCUT2D eigenvalue weighted by atomic mass is 19.1. The Bertz CT molecular complexity index is 831. The van der Waals surface area contributed by atoms with Crippen LogP contribution in [-0.2, 0) is 6.54 Å². The topological polar surface area (TPSA) is 85.8 Å². The Morgan fingerprint density at radius 2 is 2.00 bits per heavy atom. The largest absolute Gasteiger partial charge is 0.378 e. The highest BCUT2D eigenvalue weighted by Crippen LogP contribution is 2.16. The van der Waals surface area contributed by atoms with Crippen molar-refractivity contribution in [1.82, 2.24) is 14.8 Å². The van der Waals surface area contributed by atoms with Gasteiger partial charge in [-0.2, -0.15) is 5.10 Å². The zero-order valence-corrected chi connectivity index (χ0v) is 12.1. The van der Waals surface area contributed by atoms with E-state index in [1.54, 1.807) is 4.68 Å². The van der Waals surface area contributed by atoms with Crippen LogP contribution < -0.4 is 11.1 Å². The molecule has 3 aromatic rings.